The fourth-order valence-electron chi connectivity index (χ4n) is 0.934. The van der Waals surface area contributed by atoms with Crippen LogP contribution in [0.2, 0.25) is 0 Å². The molecule has 0 saturated carbocycles. The highest BCUT2D eigenvalue weighted by Crippen LogP contribution is 2.34. The summed E-state index contributed by atoms with van der Waals surface area (Å²) in [5, 5.41) is 10.7. The predicted molar refractivity (Wildman–Crippen MR) is 55.5 cm³/mol. The lowest BCUT2D eigenvalue weighted by molar-refractivity contribution is 0.919. The zero-order valence-electron chi connectivity index (χ0n) is 7.48. The third kappa shape index (κ3) is 2.14. The SMILES string of the molecule is CCN/C=C1/SC(CC)=CC1=N. The largest absolute Gasteiger partial charge is 0.390 e. The number of nitrogens with one attached hydrogen (secondary N) is 2. The molecule has 66 valence electrons. The van der Waals surface area contributed by atoms with Gasteiger partial charge in [-0.25, -0.2) is 0 Å². The number of thioether (sulfide) groups is 1. The van der Waals surface area contributed by atoms with Crippen LogP contribution in [0.1, 0.15) is 20.3 Å². The van der Waals surface area contributed by atoms with E-state index in [0.717, 1.165) is 17.9 Å². The summed E-state index contributed by atoms with van der Waals surface area (Å²) in [5.74, 6) is 0. The molecule has 0 spiro atoms. The molecule has 0 amide bonds. The first-order chi connectivity index (χ1) is 5.77. The molecule has 0 saturated heterocycles. The Morgan fingerprint density at radius 3 is 2.83 bits per heavy atom. The molecule has 0 bridgehead atoms. The van der Waals surface area contributed by atoms with Crippen LogP contribution in [0.25, 0.3) is 0 Å². The molecular weight excluding hydrogens is 168 g/mol. The van der Waals surface area contributed by atoms with Gasteiger partial charge in [0.25, 0.3) is 0 Å². The van der Waals surface area contributed by atoms with E-state index in [4.69, 9.17) is 5.41 Å². The Kier molecular flexibility index (Phi) is 3.41. The quantitative estimate of drug-likeness (QED) is 0.703. The van der Waals surface area contributed by atoms with Crippen molar-refractivity contribution < 1.29 is 0 Å². The van der Waals surface area contributed by atoms with Crippen molar-refractivity contribution in [3.63, 3.8) is 0 Å². The molecule has 0 fully saturated rings. The summed E-state index contributed by atoms with van der Waals surface area (Å²) >= 11 is 1.69. The molecular formula is C9H14N2S. The van der Waals surface area contributed by atoms with Crippen LogP contribution in [0.4, 0.5) is 0 Å². The third-order valence-electron chi connectivity index (χ3n) is 1.60. The van der Waals surface area contributed by atoms with E-state index in [2.05, 4.69) is 19.2 Å². The summed E-state index contributed by atoms with van der Waals surface area (Å²) in [6, 6.07) is 0. The fraction of sp³-hybridized carbons (Fsp3) is 0.444. The molecule has 1 aliphatic rings. The van der Waals surface area contributed by atoms with Crippen molar-refractivity contribution in [2.75, 3.05) is 6.54 Å². The molecule has 0 unspecified atom stereocenters. The van der Waals surface area contributed by atoms with Crippen LogP contribution in [0.3, 0.4) is 0 Å². The van der Waals surface area contributed by atoms with Crippen molar-refractivity contribution in [1.82, 2.24) is 5.32 Å². The number of rotatable bonds is 3. The molecule has 1 aliphatic heterocycles. The number of hydrogen-bond acceptors (Lipinski definition) is 3. The molecule has 0 aromatic heterocycles. The second kappa shape index (κ2) is 4.36. The summed E-state index contributed by atoms with van der Waals surface area (Å²) < 4.78 is 0. The van der Waals surface area contributed by atoms with Crippen LogP contribution < -0.4 is 5.32 Å². The van der Waals surface area contributed by atoms with E-state index < -0.39 is 0 Å². The zero-order chi connectivity index (χ0) is 8.97. The van der Waals surface area contributed by atoms with Crippen molar-refractivity contribution in [3.05, 3.63) is 22.1 Å². The molecule has 0 radical (unpaired) electrons. The van der Waals surface area contributed by atoms with Crippen molar-refractivity contribution in [2.45, 2.75) is 20.3 Å². The van der Waals surface area contributed by atoms with Crippen LogP contribution in [-0.2, 0) is 0 Å². The molecule has 12 heavy (non-hydrogen) atoms. The minimum absolute atomic E-state index is 0.637. The van der Waals surface area contributed by atoms with E-state index in [1.54, 1.807) is 11.8 Å². The number of hydrogen-bond donors (Lipinski definition) is 2. The molecule has 3 heteroatoms. The predicted octanol–water partition coefficient (Wildman–Crippen LogP) is 2.50. The van der Waals surface area contributed by atoms with Gasteiger partial charge in [0, 0.05) is 12.7 Å². The van der Waals surface area contributed by atoms with Crippen LogP contribution in [-0.4, -0.2) is 12.3 Å². The first-order valence-corrected chi connectivity index (χ1v) is 5.00. The van der Waals surface area contributed by atoms with Crippen LogP contribution in [0.15, 0.2) is 22.1 Å². The van der Waals surface area contributed by atoms with Crippen LogP contribution in [0.5, 0.6) is 0 Å². The Labute approximate surface area is 77.6 Å². The van der Waals surface area contributed by atoms with Crippen molar-refractivity contribution in [1.29, 1.82) is 5.41 Å². The second-order valence-corrected chi connectivity index (χ2v) is 3.71. The van der Waals surface area contributed by atoms with Gasteiger partial charge in [0.2, 0.25) is 0 Å². The molecule has 0 aromatic carbocycles. The lowest BCUT2D eigenvalue weighted by Crippen LogP contribution is -2.04. The molecule has 0 atom stereocenters. The molecule has 2 nitrogen and oxygen atoms in total. The average Bonchev–Trinajstić information content (AvgIpc) is 2.43. The molecule has 1 rings (SSSR count). The van der Waals surface area contributed by atoms with Crippen molar-refractivity contribution in [3.8, 4) is 0 Å². The standard InChI is InChI=1S/C9H14N2S/c1-3-7-5-8(10)9(12-7)6-11-4-2/h5-6,10-11H,3-4H2,1-2H3/b9-6+,10-8?. The van der Waals surface area contributed by atoms with Crippen LogP contribution >= 0.6 is 11.8 Å². The highest BCUT2D eigenvalue weighted by molar-refractivity contribution is 8.08. The smallest absolute Gasteiger partial charge is 0.0701 e. The Balaban J connectivity index is 2.59. The van der Waals surface area contributed by atoms with Gasteiger partial charge in [-0.2, -0.15) is 0 Å². The third-order valence-corrected chi connectivity index (χ3v) is 2.82. The lowest BCUT2D eigenvalue weighted by Gasteiger charge is -1.98. The summed E-state index contributed by atoms with van der Waals surface area (Å²) in [4.78, 5) is 2.32. The van der Waals surface area contributed by atoms with Gasteiger partial charge in [0.1, 0.15) is 0 Å². The minimum atomic E-state index is 0.637. The van der Waals surface area contributed by atoms with Crippen molar-refractivity contribution in [2.24, 2.45) is 0 Å². The summed E-state index contributed by atoms with van der Waals surface area (Å²) in [5.41, 5.74) is 0.637. The van der Waals surface area contributed by atoms with E-state index >= 15 is 0 Å². The average molecular weight is 182 g/mol. The highest BCUT2D eigenvalue weighted by Gasteiger charge is 2.14. The minimum Gasteiger partial charge on any atom is -0.390 e. The Morgan fingerprint density at radius 1 is 1.58 bits per heavy atom. The van der Waals surface area contributed by atoms with E-state index in [9.17, 15) is 0 Å². The van der Waals surface area contributed by atoms with Crippen LogP contribution in [0, 0.1) is 5.41 Å². The van der Waals surface area contributed by atoms with E-state index in [-0.39, 0.29) is 0 Å². The number of allylic oxidation sites excluding steroid dienone is 3. The monoisotopic (exact) mass is 182 g/mol. The van der Waals surface area contributed by atoms with Gasteiger partial charge in [0.05, 0.1) is 10.6 Å². The highest BCUT2D eigenvalue weighted by atomic mass is 32.2. The summed E-state index contributed by atoms with van der Waals surface area (Å²) in [6.45, 7) is 5.08. The van der Waals surface area contributed by atoms with Gasteiger partial charge < -0.3 is 5.32 Å². The van der Waals surface area contributed by atoms with Gasteiger partial charge in [-0.1, -0.05) is 18.7 Å². The second-order valence-electron chi connectivity index (χ2n) is 2.55. The van der Waals surface area contributed by atoms with E-state index in [0.29, 0.717) is 5.71 Å². The van der Waals surface area contributed by atoms with Crippen molar-refractivity contribution >= 4 is 17.5 Å². The first-order valence-electron chi connectivity index (χ1n) is 4.18. The van der Waals surface area contributed by atoms with E-state index in [1.165, 1.54) is 4.91 Å². The summed E-state index contributed by atoms with van der Waals surface area (Å²) in [6.07, 6.45) is 4.89. The van der Waals surface area contributed by atoms with Gasteiger partial charge >= 0.3 is 0 Å². The molecule has 1 heterocycles. The summed E-state index contributed by atoms with van der Waals surface area (Å²) in [7, 11) is 0. The maximum Gasteiger partial charge on any atom is 0.0701 e. The Bertz CT molecular complexity index is 241. The van der Waals surface area contributed by atoms with Gasteiger partial charge in [-0.3, -0.25) is 5.41 Å². The Hall–Kier alpha value is -0.700. The lowest BCUT2D eigenvalue weighted by atomic mass is 10.3. The maximum atomic E-state index is 7.61. The maximum absolute atomic E-state index is 7.61. The topological polar surface area (TPSA) is 35.9 Å². The molecule has 0 aliphatic carbocycles. The normalized spacial score (nSPS) is 20.0. The van der Waals surface area contributed by atoms with Gasteiger partial charge in [-0.15, -0.1) is 0 Å². The first kappa shape index (κ1) is 9.39. The van der Waals surface area contributed by atoms with Gasteiger partial charge in [-0.05, 0) is 24.3 Å². The van der Waals surface area contributed by atoms with Gasteiger partial charge in [0.15, 0.2) is 0 Å². The van der Waals surface area contributed by atoms with E-state index in [1.807, 2.05) is 12.3 Å². The molecule has 0 aromatic rings. The fourth-order valence-corrected chi connectivity index (χ4v) is 1.85. The Morgan fingerprint density at radius 2 is 2.33 bits per heavy atom. The zero-order valence-corrected chi connectivity index (χ0v) is 8.29. The molecule has 2 N–H and O–H groups in total.